The topological polar surface area (TPSA) is 58.8 Å². The van der Waals surface area contributed by atoms with E-state index in [0.717, 1.165) is 4.96 Å². The molecule has 0 atom stereocenters. The minimum absolute atomic E-state index is 0.0743. The van der Waals surface area contributed by atoms with Crippen LogP contribution in [0.5, 0.6) is 0 Å². The third-order valence-corrected chi connectivity index (χ3v) is 3.76. The van der Waals surface area contributed by atoms with Crippen molar-refractivity contribution in [2.45, 2.75) is 0 Å². The maximum Gasteiger partial charge on any atom is 0.274 e. The lowest BCUT2D eigenvalue weighted by Gasteiger charge is -2.00. The van der Waals surface area contributed by atoms with Gasteiger partial charge in [0, 0.05) is 11.6 Å². The number of fused-ring (bicyclic) bond motifs is 1. The summed E-state index contributed by atoms with van der Waals surface area (Å²) < 4.78 is 15.2. The smallest absolute Gasteiger partial charge is 0.274 e. The molecular formula is C13H8ClFN4OS. The summed E-state index contributed by atoms with van der Waals surface area (Å²) in [5.41, 5.74) is 2.73. The molecule has 1 amide bonds. The minimum Gasteiger partial charge on any atom is -0.288 e. The zero-order valence-corrected chi connectivity index (χ0v) is 12.0. The number of thiazole rings is 1. The van der Waals surface area contributed by atoms with Crippen LogP contribution >= 0.6 is 22.9 Å². The van der Waals surface area contributed by atoms with Gasteiger partial charge in [-0.3, -0.25) is 9.20 Å². The van der Waals surface area contributed by atoms with E-state index in [1.807, 2.05) is 5.38 Å². The molecule has 3 aromatic rings. The number of hydrogen-bond donors (Lipinski definition) is 1. The zero-order chi connectivity index (χ0) is 14.8. The van der Waals surface area contributed by atoms with Gasteiger partial charge in [-0.25, -0.2) is 14.8 Å². The van der Waals surface area contributed by atoms with Crippen LogP contribution in [0.15, 0.2) is 40.9 Å². The van der Waals surface area contributed by atoms with Crippen LogP contribution in [0.25, 0.3) is 4.96 Å². The van der Waals surface area contributed by atoms with Gasteiger partial charge in [-0.05, 0) is 12.1 Å². The number of carbonyl (C=O) groups excluding carboxylic acids is 1. The third kappa shape index (κ3) is 2.65. The van der Waals surface area contributed by atoms with E-state index in [1.54, 1.807) is 16.7 Å². The highest BCUT2D eigenvalue weighted by Gasteiger charge is 2.11. The average Bonchev–Trinajstić information content (AvgIpc) is 3.01. The monoisotopic (exact) mass is 322 g/mol. The summed E-state index contributed by atoms with van der Waals surface area (Å²) in [7, 11) is 0. The number of aromatic nitrogens is 2. The fraction of sp³-hybridized carbons (Fsp3) is 0. The van der Waals surface area contributed by atoms with Gasteiger partial charge in [0.05, 0.1) is 11.8 Å². The molecule has 2 heterocycles. The van der Waals surface area contributed by atoms with Crippen LogP contribution in [0, 0.1) is 5.82 Å². The lowest BCUT2D eigenvalue weighted by atomic mass is 10.2. The zero-order valence-electron chi connectivity index (χ0n) is 10.5. The van der Waals surface area contributed by atoms with Gasteiger partial charge in [-0.2, -0.15) is 5.10 Å². The summed E-state index contributed by atoms with van der Waals surface area (Å²) in [6.07, 6.45) is 3.16. The van der Waals surface area contributed by atoms with Gasteiger partial charge in [0.15, 0.2) is 10.1 Å². The number of imidazole rings is 1. The normalized spacial score (nSPS) is 11.3. The van der Waals surface area contributed by atoms with Crippen molar-refractivity contribution in [1.82, 2.24) is 14.8 Å². The molecule has 0 bridgehead atoms. The van der Waals surface area contributed by atoms with E-state index >= 15 is 0 Å². The van der Waals surface area contributed by atoms with Crippen molar-refractivity contribution in [2.24, 2.45) is 5.10 Å². The molecule has 21 heavy (non-hydrogen) atoms. The highest BCUT2D eigenvalue weighted by Crippen LogP contribution is 2.19. The van der Waals surface area contributed by atoms with E-state index in [2.05, 4.69) is 15.5 Å². The van der Waals surface area contributed by atoms with Crippen molar-refractivity contribution >= 4 is 40.0 Å². The summed E-state index contributed by atoms with van der Waals surface area (Å²) in [6, 6.07) is 5.67. The molecule has 0 aliphatic rings. The van der Waals surface area contributed by atoms with Crippen LogP contribution in [0.2, 0.25) is 5.15 Å². The van der Waals surface area contributed by atoms with Crippen molar-refractivity contribution in [3.05, 3.63) is 58.1 Å². The molecule has 0 saturated carbocycles. The predicted molar refractivity (Wildman–Crippen MR) is 79.5 cm³/mol. The molecule has 5 nitrogen and oxygen atoms in total. The maximum atomic E-state index is 13.4. The van der Waals surface area contributed by atoms with Gasteiger partial charge < -0.3 is 0 Å². The average molecular weight is 323 g/mol. The molecule has 3 rings (SSSR count). The lowest BCUT2D eigenvalue weighted by molar-refractivity contribution is 0.0951. The third-order valence-electron chi connectivity index (χ3n) is 2.73. The van der Waals surface area contributed by atoms with E-state index < -0.39 is 11.7 Å². The molecule has 8 heteroatoms. The van der Waals surface area contributed by atoms with Crippen LogP contribution < -0.4 is 5.43 Å². The lowest BCUT2D eigenvalue weighted by Crippen LogP contribution is -2.19. The molecule has 0 radical (unpaired) electrons. The van der Waals surface area contributed by atoms with Gasteiger partial charge in [0.2, 0.25) is 0 Å². The van der Waals surface area contributed by atoms with E-state index in [0.29, 0.717) is 5.69 Å². The molecule has 0 fully saturated rings. The quantitative estimate of drug-likeness (QED) is 0.595. The second-order valence-electron chi connectivity index (χ2n) is 4.02. The number of carbonyl (C=O) groups is 1. The van der Waals surface area contributed by atoms with Gasteiger partial charge >= 0.3 is 0 Å². The first-order valence-corrected chi connectivity index (χ1v) is 7.11. The molecule has 106 valence electrons. The molecule has 0 spiro atoms. The number of hydrazone groups is 1. The Labute approximate surface area is 127 Å². The summed E-state index contributed by atoms with van der Waals surface area (Å²) >= 11 is 7.41. The molecule has 0 unspecified atom stereocenters. The Morgan fingerprint density at radius 3 is 3.10 bits per heavy atom. The number of amides is 1. The van der Waals surface area contributed by atoms with Crippen molar-refractivity contribution in [3.8, 4) is 0 Å². The molecule has 0 aliphatic heterocycles. The Balaban J connectivity index is 1.78. The van der Waals surface area contributed by atoms with E-state index in [1.165, 1.54) is 35.8 Å². The van der Waals surface area contributed by atoms with Crippen LogP contribution in [-0.4, -0.2) is 21.5 Å². The van der Waals surface area contributed by atoms with Crippen molar-refractivity contribution in [1.29, 1.82) is 0 Å². The summed E-state index contributed by atoms with van der Waals surface area (Å²) in [5, 5.41) is 5.93. The summed E-state index contributed by atoms with van der Waals surface area (Å²) in [4.78, 5) is 16.6. The molecule has 1 N–H and O–H groups in total. The molecule has 1 aromatic carbocycles. The number of hydrogen-bond acceptors (Lipinski definition) is 4. The van der Waals surface area contributed by atoms with Gasteiger partial charge in [0.25, 0.3) is 5.91 Å². The number of benzene rings is 1. The van der Waals surface area contributed by atoms with E-state index in [4.69, 9.17) is 11.6 Å². The highest BCUT2D eigenvalue weighted by molar-refractivity contribution is 7.15. The van der Waals surface area contributed by atoms with E-state index in [-0.39, 0.29) is 10.7 Å². The Morgan fingerprint density at radius 1 is 1.48 bits per heavy atom. The fourth-order valence-electron chi connectivity index (χ4n) is 1.75. The first kappa shape index (κ1) is 13.7. The Hall–Kier alpha value is -2.25. The van der Waals surface area contributed by atoms with Gasteiger partial charge in [0.1, 0.15) is 11.5 Å². The first-order valence-electron chi connectivity index (χ1n) is 5.86. The number of nitrogens with zero attached hydrogens (tertiary/aromatic N) is 3. The number of rotatable bonds is 3. The standard InChI is InChI=1S/C13H8ClFN4OS/c14-11-10(19-5-6-21-13(19)17-11)7-16-18-12(20)8-3-1-2-4-9(8)15/h1-7H,(H,18,20)/b16-7-. The Bertz CT molecular complexity index is 842. The summed E-state index contributed by atoms with van der Waals surface area (Å²) in [6.45, 7) is 0. The largest absolute Gasteiger partial charge is 0.288 e. The molecular weight excluding hydrogens is 315 g/mol. The van der Waals surface area contributed by atoms with Gasteiger partial charge in [-0.15, -0.1) is 11.3 Å². The molecule has 0 aliphatic carbocycles. The second kappa shape index (κ2) is 5.63. The van der Waals surface area contributed by atoms with Crippen molar-refractivity contribution in [3.63, 3.8) is 0 Å². The van der Waals surface area contributed by atoms with Crippen LogP contribution in [0.3, 0.4) is 0 Å². The summed E-state index contributed by atoms with van der Waals surface area (Å²) in [5.74, 6) is -1.24. The Kier molecular flexibility index (Phi) is 3.68. The Morgan fingerprint density at radius 2 is 2.29 bits per heavy atom. The van der Waals surface area contributed by atoms with Crippen LogP contribution in [0.4, 0.5) is 4.39 Å². The van der Waals surface area contributed by atoms with Crippen molar-refractivity contribution in [2.75, 3.05) is 0 Å². The highest BCUT2D eigenvalue weighted by atomic mass is 35.5. The molecule has 2 aromatic heterocycles. The van der Waals surface area contributed by atoms with Gasteiger partial charge in [-0.1, -0.05) is 23.7 Å². The SMILES string of the molecule is O=C(N/N=C\c1c(Cl)nc2sccn12)c1ccccc1F. The number of nitrogens with one attached hydrogen (secondary N) is 1. The van der Waals surface area contributed by atoms with Crippen LogP contribution in [-0.2, 0) is 0 Å². The second-order valence-corrected chi connectivity index (χ2v) is 5.25. The minimum atomic E-state index is -0.633. The number of halogens is 2. The maximum absolute atomic E-state index is 13.4. The molecule has 0 saturated heterocycles. The van der Waals surface area contributed by atoms with Crippen LogP contribution in [0.1, 0.15) is 16.1 Å². The van der Waals surface area contributed by atoms with Crippen molar-refractivity contribution < 1.29 is 9.18 Å². The fourth-order valence-corrected chi connectivity index (χ4v) is 2.74. The predicted octanol–water partition coefficient (Wildman–Crippen LogP) is 2.95. The first-order chi connectivity index (χ1) is 10.2. The van der Waals surface area contributed by atoms with E-state index in [9.17, 15) is 9.18 Å².